The van der Waals surface area contributed by atoms with Gasteiger partial charge in [0.15, 0.2) is 0 Å². The standard InChI is InChI=1S/C20H32N2O7S.Na/c1-13(2)10-16(21)18(23)22-17(11-14(3)4)20(25,30(26,27)28)19(24)29-12-15-8-6-5-7-9-15;/h5-9,13-14,16-17,25H,10-12,21H2,1-4H3,(H,22,23)(H,26,27,28);/q;+1/p-1/t16-,17?,20?;/m0./s1. The summed E-state index contributed by atoms with van der Waals surface area (Å²) >= 11 is 0. The fraction of sp³-hybridized carbons (Fsp3) is 0.600. The fourth-order valence-corrected chi connectivity index (χ4v) is 3.69. The van der Waals surface area contributed by atoms with Crippen molar-refractivity contribution in [3.63, 3.8) is 0 Å². The number of aliphatic hydroxyl groups is 1. The molecule has 0 saturated carbocycles. The summed E-state index contributed by atoms with van der Waals surface area (Å²) in [5.74, 6) is -2.61. The number of carbonyl (C=O) groups excluding carboxylic acids is 2. The summed E-state index contributed by atoms with van der Waals surface area (Å²) in [5, 5.41) is 13.1. The fourth-order valence-electron chi connectivity index (χ4n) is 2.93. The SMILES string of the molecule is CC(C)CC(NC(=O)[C@@H](N)CC(C)C)C(O)(C(=O)OCc1ccccc1)S(=O)(=O)[O-].[Na+]. The molecule has 9 nitrogen and oxygen atoms in total. The Bertz CT molecular complexity index is 818. The molecule has 0 fully saturated rings. The Kier molecular flexibility index (Phi) is 12.5. The number of hydrogen-bond acceptors (Lipinski definition) is 8. The molecule has 31 heavy (non-hydrogen) atoms. The van der Waals surface area contributed by atoms with E-state index in [0.29, 0.717) is 12.0 Å². The maximum absolute atomic E-state index is 12.6. The number of nitrogens with one attached hydrogen (secondary N) is 1. The Hall–Kier alpha value is -1.01. The number of ether oxygens (including phenoxy) is 1. The van der Waals surface area contributed by atoms with Gasteiger partial charge in [0.25, 0.3) is 4.93 Å². The Morgan fingerprint density at radius 1 is 1.13 bits per heavy atom. The average molecular weight is 467 g/mol. The van der Waals surface area contributed by atoms with Gasteiger partial charge in [-0.15, -0.1) is 0 Å². The third kappa shape index (κ3) is 8.80. The van der Waals surface area contributed by atoms with Crippen LogP contribution in [-0.2, 0) is 31.1 Å². The molecule has 0 aliphatic heterocycles. The van der Waals surface area contributed by atoms with E-state index in [1.807, 2.05) is 13.8 Å². The van der Waals surface area contributed by atoms with Gasteiger partial charge in [-0.3, -0.25) is 4.79 Å². The van der Waals surface area contributed by atoms with Crippen LogP contribution in [0.25, 0.3) is 0 Å². The third-order valence-corrected chi connectivity index (χ3v) is 5.66. The first kappa shape index (κ1) is 30.0. The molecule has 0 aliphatic rings. The van der Waals surface area contributed by atoms with E-state index in [1.165, 1.54) is 0 Å². The van der Waals surface area contributed by atoms with E-state index >= 15 is 0 Å². The van der Waals surface area contributed by atoms with E-state index in [-0.39, 0.29) is 54.4 Å². The summed E-state index contributed by atoms with van der Waals surface area (Å²) < 4.78 is 40.8. The van der Waals surface area contributed by atoms with Crippen LogP contribution in [0.2, 0.25) is 0 Å². The number of esters is 1. The molecule has 3 atom stereocenters. The van der Waals surface area contributed by atoms with Crippen molar-refractivity contribution in [3.8, 4) is 0 Å². The first-order chi connectivity index (χ1) is 13.8. The second-order valence-electron chi connectivity index (χ2n) is 8.14. The zero-order valence-electron chi connectivity index (χ0n) is 18.7. The number of hydrogen-bond donors (Lipinski definition) is 3. The zero-order chi connectivity index (χ0) is 23.1. The molecule has 170 valence electrons. The molecular weight excluding hydrogens is 435 g/mol. The van der Waals surface area contributed by atoms with Crippen molar-refractivity contribution < 1.29 is 62.0 Å². The van der Waals surface area contributed by atoms with E-state index in [4.69, 9.17) is 10.5 Å². The maximum Gasteiger partial charge on any atom is 1.00 e. The van der Waals surface area contributed by atoms with E-state index < -0.39 is 39.0 Å². The molecule has 0 aliphatic carbocycles. The van der Waals surface area contributed by atoms with E-state index in [9.17, 15) is 27.7 Å². The number of carbonyl (C=O) groups is 2. The molecule has 0 heterocycles. The van der Waals surface area contributed by atoms with Gasteiger partial charge in [-0.25, -0.2) is 13.2 Å². The van der Waals surface area contributed by atoms with Crippen LogP contribution in [0.15, 0.2) is 30.3 Å². The molecule has 2 unspecified atom stereocenters. The monoisotopic (exact) mass is 466 g/mol. The Labute approximate surface area is 206 Å². The van der Waals surface area contributed by atoms with Gasteiger partial charge >= 0.3 is 35.5 Å². The summed E-state index contributed by atoms with van der Waals surface area (Å²) in [6.45, 7) is 6.70. The van der Waals surface area contributed by atoms with Crippen molar-refractivity contribution in [2.45, 2.75) is 64.2 Å². The van der Waals surface area contributed by atoms with E-state index in [2.05, 4.69) is 5.32 Å². The van der Waals surface area contributed by atoms with Gasteiger partial charge in [0.1, 0.15) is 16.7 Å². The molecular formula is C20H31N2NaO7S. The summed E-state index contributed by atoms with van der Waals surface area (Å²) in [6.07, 6.45) is 0.125. The average Bonchev–Trinajstić information content (AvgIpc) is 2.63. The van der Waals surface area contributed by atoms with Crippen LogP contribution >= 0.6 is 0 Å². The molecule has 1 aromatic rings. The molecule has 0 aromatic heterocycles. The van der Waals surface area contributed by atoms with Crippen LogP contribution in [0.3, 0.4) is 0 Å². The van der Waals surface area contributed by atoms with Crippen molar-refractivity contribution in [1.82, 2.24) is 5.32 Å². The topological polar surface area (TPSA) is 159 Å². The molecule has 1 rings (SSSR count). The zero-order valence-corrected chi connectivity index (χ0v) is 21.5. The number of rotatable bonds is 11. The summed E-state index contributed by atoms with van der Waals surface area (Å²) in [6, 6.07) is 5.60. The molecule has 0 bridgehead atoms. The normalized spacial score (nSPS) is 15.5. The number of amides is 1. The molecule has 1 aromatic carbocycles. The Morgan fingerprint density at radius 3 is 2.10 bits per heavy atom. The van der Waals surface area contributed by atoms with Crippen LogP contribution in [0, 0.1) is 11.8 Å². The predicted octanol–water partition coefficient (Wildman–Crippen LogP) is -2.13. The first-order valence-corrected chi connectivity index (χ1v) is 11.1. The van der Waals surface area contributed by atoms with Crippen molar-refractivity contribution in [3.05, 3.63) is 35.9 Å². The van der Waals surface area contributed by atoms with Gasteiger partial charge < -0.3 is 25.4 Å². The summed E-state index contributed by atoms with van der Waals surface area (Å²) in [5.41, 5.74) is 6.35. The smallest absolute Gasteiger partial charge is 0.745 e. The van der Waals surface area contributed by atoms with Crippen LogP contribution in [0.4, 0.5) is 0 Å². The Balaban J connectivity index is 0.00000900. The van der Waals surface area contributed by atoms with Gasteiger partial charge in [-0.05, 0) is 30.2 Å². The predicted molar refractivity (Wildman–Crippen MR) is 110 cm³/mol. The van der Waals surface area contributed by atoms with Gasteiger partial charge in [0.2, 0.25) is 5.91 Å². The van der Waals surface area contributed by atoms with Crippen molar-refractivity contribution in [1.29, 1.82) is 0 Å². The van der Waals surface area contributed by atoms with Gasteiger partial charge in [0.05, 0.1) is 12.1 Å². The molecule has 11 heteroatoms. The second-order valence-corrected chi connectivity index (χ2v) is 9.67. The first-order valence-electron chi connectivity index (χ1n) is 9.73. The molecule has 0 saturated heterocycles. The minimum Gasteiger partial charge on any atom is -0.745 e. The largest absolute Gasteiger partial charge is 1.00 e. The number of nitrogens with two attached hydrogens (primary N) is 1. The van der Waals surface area contributed by atoms with Crippen LogP contribution in [-0.4, -0.2) is 47.0 Å². The maximum atomic E-state index is 12.6. The van der Waals surface area contributed by atoms with Crippen molar-refractivity contribution >= 4 is 22.0 Å². The van der Waals surface area contributed by atoms with Crippen LogP contribution in [0.5, 0.6) is 0 Å². The third-order valence-electron chi connectivity index (χ3n) is 4.44. The van der Waals surface area contributed by atoms with Crippen molar-refractivity contribution in [2.24, 2.45) is 17.6 Å². The van der Waals surface area contributed by atoms with E-state index in [1.54, 1.807) is 44.2 Å². The second kappa shape index (κ2) is 12.9. The summed E-state index contributed by atoms with van der Waals surface area (Å²) in [7, 11) is -5.63. The van der Waals surface area contributed by atoms with Gasteiger partial charge in [0, 0.05) is 0 Å². The van der Waals surface area contributed by atoms with Crippen LogP contribution < -0.4 is 40.6 Å². The molecule has 0 spiro atoms. The van der Waals surface area contributed by atoms with E-state index in [0.717, 1.165) is 0 Å². The number of benzene rings is 1. The summed E-state index contributed by atoms with van der Waals surface area (Å²) in [4.78, 5) is 21.6. The molecule has 4 N–H and O–H groups in total. The van der Waals surface area contributed by atoms with Gasteiger partial charge in [-0.2, -0.15) is 0 Å². The minimum atomic E-state index is -5.63. The molecule has 1 amide bonds. The molecule has 0 radical (unpaired) electrons. The minimum absolute atomic E-state index is 0. The van der Waals surface area contributed by atoms with Crippen molar-refractivity contribution in [2.75, 3.05) is 0 Å². The van der Waals surface area contributed by atoms with Gasteiger partial charge in [-0.1, -0.05) is 58.0 Å². The quantitative estimate of drug-likeness (QED) is 0.190. The van der Waals surface area contributed by atoms with Crippen LogP contribution in [0.1, 0.15) is 46.1 Å². The Morgan fingerprint density at radius 2 is 1.65 bits per heavy atom.